The molecule has 3 aromatic carbocycles. The molecule has 2 aliphatic rings. The van der Waals surface area contributed by atoms with Crippen LogP contribution >= 0.6 is 0 Å². The quantitative estimate of drug-likeness (QED) is 0.707. The summed E-state index contributed by atoms with van der Waals surface area (Å²) in [6, 6.07) is 24.0. The summed E-state index contributed by atoms with van der Waals surface area (Å²) in [6.45, 7) is 2.09. The largest absolute Gasteiger partial charge is 0.507 e. The third-order valence-corrected chi connectivity index (χ3v) is 5.29. The van der Waals surface area contributed by atoms with E-state index in [0.717, 1.165) is 34.6 Å². The molecule has 2 atom stereocenters. The first-order chi connectivity index (χ1) is 13.2. The van der Waals surface area contributed by atoms with E-state index >= 15 is 0 Å². The van der Waals surface area contributed by atoms with E-state index in [-0.39, 0.29) is 11.8 Å². The van der Waals surface area contributed by atoms with Crippen LogP contribution in [0.1, 0.15) is 40.9 Å². The van der Waals surface area contributed by atoms with Crippen molar-refractivity contribution >= 4 is 5.71 Å². The molecule has 3 aromatic rings. The van der Waals surface area contributed by atoms with Gasteiger partial charge in [-0.15, -0.1) is 0 Å². The van der Waals surface area contributed by atoms with Crippen LogP contribution in [0, 0.1) is 6.92 Å². The maximum absolute atomic E-state index is 10.4. The van der Waals surface area contributed by atoms with E-state index in [0.29, 0.717) is 0 Å². The highest BCUT2D eigenvalue weighted by Crippen LogP contribution is 2.48. The van der Waals surface area contributed by atoms with Gasteiger partial charge in [0.25, 0.3) is 0 Å². The van der Waals surface area contributed by atoms with Gasteiger partial charge in [0.1, 0.15) is 11.5 Å². The van der Waals surface area contributed by atoms with E-state index in [9.17, 15) is 5.11 Å². The molecule has 134 valence electrons. The van der Waals surface area contributed by atoms with Crippen molar-refractivity contribution in [3.05, 3.63) is 95.1 Å². The Kier molecular flexibility index (Phi) is 3.64. The summed E-state index contributed by atoms with van der Waals surface area (Å²) in [6.07, 6.45) is 0.363. The molecule has 0 aliphatic carbocycles. The smallest absolute Gasteiger partial charge is 0.217 e. The zero-order valence-corrected chi connectivity index (χ0v) is 15.0. The first kappa shape index (κ1) is 15.9. The Labute approximate surface area is 158 Å². The van der Waals surface area contributed by atoms with Gasteiger partial charge < -0.3 is 9.84 Å². The number of rotatable bonds is 2. The second-order valence-electron chi connectivity index (χ2n) is 7.08. The number of nitrogens with zero attached hydrogens (tertiary/aromatic N) is 2. The van der Waals surface area contributed by atoms with Gasteiger partial charge in [-0.3, -0.25) is 0 Å². The van der Waals surface area contributed by atoms with Crippen LogP contribution in [0.25, 0.3) is 0 Å². The number of aromatic hydroxyl groups is 1. The van der Waals surface area contributed by atoms with Crippen LogP contribution in [0.15, 0.2) is 77.9 Å². The molecule has 1 N–H and O–H groups in total. The molecule has 0 aromatic heterocycles. The van der Waals surface area contributed by atoms with Crippen molar-refractivity contribution in [1.29, 1.82) is 0 Å². The minimum absolute atomic E-state index is 0.0934. The monoisotopic (exact) mass is 356 g/mol. The Morgan fingerprint density at radius 3 is 2.41 bits per heavy atom. The number of para-hydroxylation sites is 2. The van der Waals surface area contributed by atoms with Crippen LogP contribution in [0.3, 0.4) is 0 Å². The summed E-state index contributed by atoms with van der Waals surface area (Å²) in [5.41, 5.74) is 5.26. The number of hydrazone groups is 1. The summed E-state index contributed by atoms with van der Waals surface area (Å²) in [5.74, 6) is 1.08. The molecule has 0 fully saturated rings. The van der Waals surface area contributed by atoms with E-state index in [4.69, 9.17) is 9.84 Å². The lowest BCUT2D eigenvalue weighted by atomic mass is 9.95. The molecule has 4 nitrogen and oxygen atoms in total. The van der Waals surface area contributed by atoms with Gasteiger partial charge in [-0.25, -0.2) is 5.01 Å². The van der Waals surface area contributed by atoms with Crippen molar-refractivity contribution in [2.24, 2.45) is 5.10 Å². The summed E-state index contributed by atoms with van der Waals surface area (Å²) < 4.78 is 6.27. The highest BCUT2D eigenvalue weighted by molar-refractivity contribution is 6.02. The van der Waals surface area contributed by atoms with Crippen LogP contribution < -0.4 is 4.74 Å². The van der Waals surface area contributed by atoms with Crippen molar-refractivity contribution in [3.8, 4) is 11.5 Å². The molecule has 0 saturated carbocycles. The predicted molar refractivity (Wildman–Crippen MR) is 105 cm³/mol. The van der Waals surface area contributed by atoms with Gasteiger partial charge >= 0.3 is 0 Å². The van der Waals surface area contributed by atoms with E-state index in [1.54, 1.807) is 6.07 Å². The number of phenols is 1. The SMILES string of the molecule is Cc1ccc(C2=NN3[C@H](C2)c2ccccc2O[C@@H]3c2ccccc2O)cc1. The number of benzene rings is 3. The second-order valence-corrected chi connectivity index (χ2v) is 7.08. The van der Waals surface area contributed by atoms with Crippen LogP contribution in [0.4, 0.5) is 0 Å². The zero-order chi connectivity index (χ0) is 18.4. The highest BCUT2D eigenvalue weighted by Gasteiger charge is 2.41. The van der Waals surface area contributed by atoms with Crippen LogP contribution in [0.5, 0.6) is 11.5 Å². The first-order valence-corrected chi connectivity index (χ1v) is 9.17. The lowest BCUT2D eigenvalue weighted by Gasteiger charge is -2.38. The normalized spacial score (nSPS) is 20.5. The second kappa shape index (κ2) is 6.16. The molecule has 2 aliphatic heterocycles. The van der Waals surface area contributed by atoms with E-state index in [1.165, 1.54) is 5.56 Å². The van der Waals surface area contributed by atoms with Gasteiger partial charge in [-0.05, 0) is 30.7 Å². The molecule has 2 heterocycles. The minimum atomic E-state index is -0.450. The predicted octanol–water partition coefficient (Wildman–Crippen LogP) is 4.94. The third kappa shape index (κ3) is 2.65. The number of ether oxygens (including phenoxy) is 1. The number of aryl methyl sites for hydroxylation is 1. The fourth-order valence-electron chi connectivity index (χ4n) is 3.86. The van der Waals surface area contributed by atoms with Gasteiger partial charge in [0.2, 0.25) is 6.23 Å². The van der Waals surface area contributed by atoms with Crippen LogP contribution in [0.2, 0.25) is 0 Å². The molecule has 0 spiro atoms. The standard InChI is InChI=1S/C23H20N2O2/c1-15-10-12-16(13-11-15)19-14-20-17-6-3-5-9-22(17)27-23(25(20)24-19)18-7-2-4-8-21(18)26/h2-13,20,23,26H,14H2,1H3/t20-,23-/m1/s1. The van der Waals surface area contributed by atoms with Crippen molar-refractivity contribution in [2.45, 2.75) is 25.6 Å². The third-order valence-electron chi connectivity index (χ3n) is 5.29. The summed E-state index contributed by atoms with van der Waals surface area (Å²) in [7, 11) is 0. The number of hydrogen-bond acceptors (Lipinski definition) is 4. The number of phenolic OH excluding ortho intramolecular Hbond substituents is 1. The highest BCUT2D eigenvalue weighted by atomic mass is 16.5. The fourth-order valence-corrected chi connectivity index (χ4v) is 3.86. The number of hydrogen-bond donors (Lipinski definition) is 1. The Morgan fingerprint density at radius 2 is 1.63 bits per heavy atom. The van der Waals surface area contributed by atoms with Crippen LogP contribution in [-0.4, -0.2) is 15.8 Å². The molecule has 27 heavy (non-hydrogen) atoms. The van der Waals surface area contributed by atoms with Gasteiger partial charge in [-0.2, -0.15) is 5.10 Å². The molecule has 4 heteroatoms. The van der Waals surface area contributed by atoms with Crippen molar-refractivity contribution in [1.82, 2.24) is 5.01 Å². The summed E-state index contributed by atoms with van der Waals surface area (Å²) in [4.78, 5) is 0. The number of fused-ring (bicyclic) bond motifs is 3. The Bertz CT molecular complexity index is 1030. The van der Waals surface area contributed by atoms with E-state index in [2.05, 4.69) is 37.3 Å². The Hall–Kier alpha value is -3.27. The van der Waals surface area contributed by atoms with Gasteiger partial charge in [0.05, 0.1) is 17.3 Å². The molecule has 0 radical (unpaired) electrons. The van der Waals surface area contributed by atoms with Crippen molar-refractivity contribution < 1.29 is 9.84 Å². The van der Waals surface area contributed by atoms with Gasteiger partial charge in [-0.1, -0.05) is 60.2 Å². The molecule has 0 unspecified atom stereocenters. The minimum Gasteiger partial charge on any atom is -0.507 e. The molecule has 5 rings (SSSR count). The average molecular weight is 356 g/mol. The topological polar surface area (TPSA) is 45.1 Å². The van der Waals surface area contributed by atoms with Gasteiger partial charge in [0, 0.05) is 12.0 Å². The maximum atomic E-state index is 10.4. The van der Waals surface area contributed by atoms with Crippen LogP contribution in [-0.2, 0) is 0 Å². The molecular weight excluding hydrogens is 336 g/mol. The van der Waals surface area contributed by atoms with Gasteiger partial charge in [0.15, 0.2) is 0 Å². The molecule has 0 bridgehead atoms. The summed E-state index contributed by atoms with van der Waals surface area (Å²) in [5, 5.41) is 17.3. The lowest BCUT2D eigenvalue weighted by molar-refractivity contribution is -0.0203. The first-order valence-electron chi connectivity index (χ1n) is 9.17. The maximum Gasteiger partial charge on any atom is 0.217 e. The summed E-state index contributed by atoms with van der Waals surface area (Å²) >= 11 is 0. The molecule has 0 amide bonds. The van der Waals surface area contributed by atoms with E-state index < -0.39 is 6.23 Å². The Balaban J connectivity index is 1.61. The Morgan fingerprint density at radius 1 is 0.926 bits per heavy atom. The molecular formula is C23H20N2O2. The lowest BCUT2D eigenvalue weighted by Crippen LogP contribution is -2.33. The van der Waals surface area contributed by atoms with Crippen molar-refractivity contribution in [3.63, 3.8) is 0 Å². The van der Waals surface area contributed by atoms with Crippen molar-refractivity contribution in [2.75, 3.05) is 0 Å². The average Bonchev–Trinajstić information content (AvgIpc) is 3.14. The fraction of sp³-hybridized carbons (Fsp3) is 0.174. The zero-order valence-electron chi connectivity index (χ0n) is 15.0. The van der Waals surface area contributed by atoms with E-state index in [1.807, 2.05) is 41.4 Å². The molecule has 0 saturated heterocycles.